The molecule has 20 heavy (non-hydrogen) atoms. The van der Waals surface area contributed by atoms with Crippen LogP contribution in [-0.2, 0) is 19.6 Å². The highest BCUT2D eigenvalue weighted by Gasteiger charge is 2.28. The molecule has 0 bridgehead atoms. The number of hydrogen-bond acceptors (Lipinski definition) is 5. The van der Waals surface area contributed by atoms with Crippen molar-refractivity contribution in [3.63, 3.8) is 0 Å². The Labute approximate surface area is 119 Å². The number of ether oxygens (including phenoxy) is 2. The topological polar surface area (TPSA) is 81.7 Å². The van der Waals surface area contributed by atoms with E-state index in [-0.39, 0.29) is 10.8 Å². The van der Waals surface area contributed by atoms with E-state index >= 15 is 0 Å². The first-order valence-electron chi connectivity index (χ1n) is 6.06. The first-order valence-corrected chi connectivity index (χ1v) is 7.54. The van der Waals surface area contributed by atoms with Crippen molar-refractivity contribution in [2.45, 2.75) is 24.8 Å². The molecule has 0 heterocycles. The predicted octanol–water partition coefficient (Wildman–Crippen LogP) is 1.17. The molecule has 0 spiro atoms. The van der Waals surface area contributed by atoms with Crippen molar-refractivity contribution in [2.75, 3.05) is 14.2 Å². The van der Waals surface area contributed by atoms with E-state index in [9.17, 15) is 13.2 Å². The highest BCUT2D eigenvalue weighted by molar-refractivity contribution is 7.89. The molecule has 1 atom stereocenters. The molecule has 1 N–H and O–H groups in total. The third-order valence-electron chi connectivity index (χ3n) is 2.77. The lowest BCUT2D eigenvalue weighted by Crippen LogP contribution is -2.44. The van der Waals surface area contributed by atoms with Crippen molar-refractivity contribution in [1.82, 2.24) is 4.72 Å². The zero-order valence-electron chi connectivity index (χ0n) is 11.9. The summed E-state index contributed by atoms with van der Waals surface area (Å²) in [6.45, 7) is 3.47. The van der Waals surface area contributed by atoms with E-state index in [0.29, 0.717) is 5.75 Å². The number of carbonyl (C=O) groups is 1. The van der Waals surface area contributed by atoms with E-state index in [2.05, 4.69) is 9.46 Å². The number of sulfonamides is 1. The molecule has 0 aliphatic heterocycles. The second-order valence-electron chi connectivity index (χ2n) is 4.54. The smallest absolute Gasteiger partial charge is 0.324 e. The number of nitrogens with one attached hydrogen (secondary N) is 1. The fourth-order valence-electron chi connectivity index (χ4n) is 1.57. The minimum atomic E-state index is -3.79. The molecule has 112 valence electrons. The summed E-state index contributed by atoms with van der Waals surface area (Å²) >= 11 is 0. The average molecular weight is 301 g/mol. The number of hydrogen-bond donors (Lipinski definition) is 1. The SMILES string of the molecule is COC(=O)[C@H](NS(=O)(=O)c1ccc(OC)cc1)C(C)C. The summed E-state index contributed by atoms with van der Waals surface area (Å²) in [5.74, 6) is -0.287. The van der Waals surface area contributed by atoms with Crippen LogP contribution in [0.2, 0.25) is 0 Å². The van der Waals surface area contributed by atoms with Crippen molar-refractivity contribution < 1.29 is 22.7 Å². The Morgan fingerprint density at radius 3 is 2.10 bits per heavy atom. The van der Waals surface area contributed by atoms with Gasteiger partial charge in [-0.15, -0.1) is 0 Å². The fourth-order valence-corrected chi connectivity index (χ4v) is 2.91. The Hall–Kier alpha value is -1.60. The largest absolute Gasteiger partial charge is 0.497 e. The van der Waals surface area contributed by atoms with Gasteiger partial charge in [0.15, 0.2) is 0 Å². The lowest BCUT2D eigenvalue weighted by atomic mass is 10.1. The van der Waals surface area contributed by atoms with Gasteiger partial charge in [-0.3, -0.25) is 4.79 Å². The Balaban J connectivity index is 3.00. The summed E-state index contributed by atoms with van der Waals surface area (Å²) in [6.07, 6.45) is 0. The number of esters is 1. The zero-order valence-corrected chi connectivity index (χ0v) is 12.7. The molecule has 0 unspecified atom stereocenters. The Morgan fingerprint density at radius 1 is 1.15 bits per heavy atom. The van der Waals surface area contributed by atoms with Gasteiger partial charge in [0, 0.05) is 0 Å². The summed E-state index contributed by atoms with van der Waals surface area (Å²) in [5, 5.41) is 0. The van der Waals surface area contributed by atoms with E-state index < -0.39 is 22.0 Å². The molecule has 1 aromatic carbocycles. The molecular formula is C13H19NO5S. The van der Waals surface area contributed by atoms with Gasteiger partial charge in [-0.2, -0.15) is 4.72 Å². The number of carbonyl (C=O) groups excluding carboxylic acids is 1. The Morgan fingerprint density at radius 2 is 1.70 bits per heavy atom. The maximum Gasteiger partial charge on any atom is 0.324 e. The van der Waals surface area contributed by atoms with Crippen LogP contribution in [0, 0.1) is 5.92 Å². The second-order valence-corrected chi connectivity index (χ2v) is 6.26. The molecule has 6 nitrogen and oxygen atoms in total. The van der Waals surface area contributed by atoms with Crippen molar-refractivity contribution in [2.24, 2.45) is 5.92 Å². The van der Waals surface area contributed by atoms with E-state index in [1.807, 2.05) is 0 Å². The second kappa shape index (κ2) is 6.71. The van der Waals surface area contributed by atoms with Gasteiger partial charge in [-0.1, -0.05) is 13.8 Å². The quantitative estimate of drug-likeness (QED) is 0.798. The van der Waals surface area contributed by atoms with Gasteiger partial charge in [-0.25, -0.2) is 8.42 Å². The standard InChI is InChI=1S/C13H19NO5S/c1-9(2)12(13(15)19-4)14-20(16,17)11-7-5-10(18-3)6-8-11/h5-9,12,14H,1-4H3/t12-/m1/s1. The van der Waals surface area contributed by atoms with Gasteiger partial charge >= 0.3 is 5.97 Å². The van der Waals surface area contributed by atoms with Crippen LogP contribution in [0.25, 0.3) is 0 Å². The molecule has 0 aromatic heterocycles. The van der Waals surface area contributed by atoms with E-state index in [4.69, 9.17) is 4.74 Å². The molecule has 1 aromatic rings. The minimum absolute atomic E-state index is 0.0628. The van der Waals surface area contributed by atoms with E-state index in [1.54, 1.807) is 13.8 Å². The van der Waals surface area contributed by atoms with Crippen LogP contribution in [-0.4, -0.2) is 34.6 Å². The van der Waals surface area contributed by atoms with Gasteiger partial charge < -0.3 is 9.47 Å². The first-order chi connectivity index (χ1) is 9.31. The Bertz CT molecular complexity index is 551. The molecule has 0 amide bonds. The van der Waals surface area contributed by atoms with Gasteiger partial charge in [-0.05, 0) is 30.2 Å². The maximum absolute atomic E-state index is 12.2. The molecule has 0 saturated carbocycles. The van der Waals surface area contributed by atoms with E-state index in [0.717, 1.165) is 0 Å². The number of rotatable bonds is 6. The highest BCUT2D eigenvalue weighted by atomic mass is 32.2. The van der Waals surface area contributed by atoms with Gasteiger partial charge in [0.25, 0.3) is 0 Å². The minimum Gasteiger partial charge on any atom is -0.497 e. The number of methoxy groups -OCH3 is 2. The molecule has 0 aliphatic rings. The predicted molar refractivity (Wildman–Crippen MR) is 74.0 cm³/mol. The molecular weight excluding hydrogens is 282 g/mol. The number of benzene rings is 1. The van der Waals surface area contributed by atoms with Gasteiger partial charge in [0.2, 0.25) is 10.0 Å². The third-order valence-corrected chi connectivity index (χ3v) is 4.23. The fraction of sp³-hybridized carbons (Fsp3) is 0.462. The lowest BCUT2D eigenvalue weighted by molar-refractivity contribution is -0.143. The van der Waals surface area contributed by atoms with Crippen LogP contribution in [0.5, 0.6) is 5.75 Å². The van der Waals surface area contributed by atoms with Crippen LogP contribution in [0.1, 0.15) is 13.8 Å². The lowest BCUT2D eigenvalue weighted by Gasteiger charge is -2.19. The molecule has 0 radical (unpaired) electrons. The van der Waals surface area contributed by atoms with Gasteiger partial charge in [0.1, 0.15) is 11.8 Å². The van der Waals surface area contributed by atoms with Crippen LogP contribution >= 0.6 is 0 Å². The summed E-state index contributed by atoms with van der Waals surface area (Å²) in [4.78, 5) is 11.7. The van der Waals surface area contributed by atoms with Crippen molar-refractivity contribution in [3.05, 3.63) is 24.3 Å². The van der Waals surface area contributed by atoms with E-state index in [1.165, 1.54) is 38.5 Å². The zero-order chi connectivity index (χ0) is 15.3. The summed E-state index contributed by atoms with van der Waals surface area (Å²) < 4.78 is 36.3. The van der Waals surface area contributed by atoms with Gasteiger partial charge in [0.05, 0.1) is 19.1 Å². The summed E-state index contributed by atoms with van der Waals surface area (Å²) in [6, 6.07) is 4.98. The normalized spacial score (nSPS) is 13.1. The molecule has 0 fully saturated rings. The molecule has 0 saturated heterocycles. The van der Waals surface area contributed by atoms with Crippen molar-refractivity contribution in [1.29, 1.82) is 0 Å². The highest BCUT2D eigenvalue weighted by Crippen LogP contribution is 2.17. The van der Waals surface area contributed by atoms with Crippen LogP contribution in [0.3, 0.4) is 0 Å². The van der Waals surface area contributed by atoms with Crippen LogP contribution < -0.4 is 9.46 Å². The molecule has 1 rings (SSSR count). The Kier molecular flexibility index (Phi) is 5.52. The molecule has 7 heteroatoms. The summed E-state index contributed by atoms with van der Waals surface area (Å²) in [7, 11) is -1.08. The van der Waals surface area contributed by atoms with Crippen LogP contribution in [0.4, 0.5) is 0 Å². The summed E-state index contributed by atoms with van der Waals surface area (Å²) in [5.41, 5.74) is 0. The molecule has 0 aliphatic carbocycles. The maximum atomic E-state index is 12.2. The first kappa shape index (κ1) is 16.5. The van der Waals surface area contributed by atoms with Crippen molar-refractivity contribution in [3.8, 4) is 5.75 Å². The monoisotopic (exact) mass is 301 g/mol. The third kappa shape index (κ3) is 3.94. The van der Waals surface area contributed by atoms with Crippen molar-refractivity contribution >= 4 is 16.0 Å². The average Bonchev–Trinajstić information content (AvgIpc) is 2.43. The van der Waals surface area contributed by atoms with Crippen LogP contribution in [0.15, 0.2) is 29.2 Å².